The fraction of sp³-hybridized carbons (Fsp3) is 0.600. The molecule has 5 rings (SSSR count). The monoisotopic (exact) mass is 614 g/mol. The maximum Gasteiger partial charge on any atom is 0.271 e. The zero-order valence-corrected chi connectivity index (χ0v) is 26.7. The standard InChI is InChI=1S/C30H43FN8O3S/c1-7-38-23(16-32-37-38)29(40)35-27(26(20-8-9-20)21-10-11-21)30(41)34-24-13-12-22(28(31)33-24)25-18(2)36-39(19(25)3)17-42-14-15-43(4,5)6/h12-13,16,20-21,26-27H,7-11,14-15,17H2,1-6H3,(H,35,40)(H,33,34,41). The van der Waals surface area contributed by atoms with Crippen LogP contribution >= 0.6 is 10.0 Å². The minimum atomic E-state index is -0.778. The molecule has 2 amide bonds. The average molecular weight is 615 g/mol. The first kappa shape index (κ1) is 31.1. The van der Waals surface area contributed by atoms with E-state index in [2.05, 4.69) is 49.8 Å². The molecule has 2 aliphatic carbocycles. The Kier molecular flexibility index (Phi) is 9.21. The van der Waals surface area contributed by atoms with E-state index in [0.29, 0.717) is 47.5 Å². The van der Waals surface area contributed by atoms with E-state index < -0.39 is 33.8 Å². The van der Waals surface area contributed by atoms with Crippen molar-refractivity contribution in [1.29, 1.82) is 0 Å². The van der Waals surface area contributed by atoms with E-state index in [4.69, 9.17) is 4.74 Å². The molecule has 0 aromatic carbocycles. The summed E-state index contributed by atoms with van der Waals surface area (Å²) in [4.78, 5) is 31.0. The van der Waals surface area contributed by atoms with Gasteiger partial charge in [-0.3, -0.25) is 9.59 Å². The highest BCUT2D eigenvalue weighted by atomic mass is 32.3. The van der Waals surface area contributed by atoms with E-state index in [9.17, 15) is 9.59 Å². The summed E-state index contributed by atoms with van der Waals surface area (Å²) in [5.41, 5.74) is 2.70. The van der Waals surface area contributed by atoms with Crippen molar-refractivity contribution in [1.82, 2.24) is 35.1 Å². The van der Waals surface area contributed by atoms with Gasteiger partial charge in [0.15, 0.2) is 0 Å². The van der Waals surface area contributed by atoms with E-state index in [1.54, 1.807) is 16.8 Å². The Morgan fingerprint density at radius 2 is 1.81 bits per heavy atom. The van der Waals surface area contributed by atoms with Crippen LogP contribution in [0.1, 0.15) is 54.5 Å². The Balaban J connectivity index is 1.31. The fourth-order valence-corrected chi connectivity index (χ4v) is 6.29. The summed E-state index contributed by atoms with van der Waals surface area (Å²) in [7, 11) is -0.654. The zero-order valence-electron chi connectivity index (χ0n) is 25.9. The Labute approximate surface area is 253 Å². The molecule has 0 spiro atoms. The van der Waals surface area contributed by atoms with Crippen molar-refractivity contribution >= 4 is 27.7 Å². The van der Waals surface area contributed by atoms with Gasteiger partial charge in [-0.2, -0.15) is 9.49 Å². The van der Waals surface area contributed by atoms with Crippen LogP contribution in [0.2, 0.25) is 0 Å². The summed E-state index contributed by atoms with van der Waals surface area (Å²) in [6, 6.07) is 2.43. The molecule has 0 bridgehead atoms. The number of aryl methyl sites for hydroxylation is 2. The molecule has 1 unspecified atom stereocenters. The third kappa shape index (κ3) is 7.43. The van der Waals surface area contributed by atoms with Crippen LogP contribution in [0.3, 0.4) is 0 Å². The molecule has 0 saturated heterocycles. The number of pyridine rings is 1. The Bertz CT molecular complexity index is 1460. The minimum Gasteiger partial charge on any atom is -0.358 e. The number of carbonyl (C=O) groups excluding carboxylic acids is 2. The first-order valence-corrected chi connectivity index (χ1v) is 17.9. The van der Waals surface area contributed by atoms with Gasteiger partial charge in [0.2, 0.25) is 11.9 Å². The molecule has 2 aliphatic rings. The van der Waals surface area contributed by atoms with Gasteiger partial charge < -0.3 is 15.4 Å². The minimum absolute atomic E-state index is 0.0159. The van der Waals surface area contributed by atoms with Crippen molar-refractivity contribution in [2.24, 2.45) is 17.8 Å². The predicted molar refractivity (Wildman–Crippen MR) is 166 cm³/mol. The van der Waals surface area contributed by atoms with Crippen molar-refractivity contribution in [2.45, 2.75) is 65.8 Å². The number of rotatable bonds is 14. The van der Waals surface area contributed by atoms with E-state index in [-0.39, 0.29) is 18.5 Å². The largest absolute Gasteiger partial charge is 0.358 e. The second-order valence-electron chi connectivity index (χ2n) is 12.5. The van der Waals surface area contributed by atoms with Gasteiger partial charge in [0, 0.05) is 29.1 Å². The van der Waals surface area contributed by atoms with Gasteiger partial charge in [-0.25, -0.2) is 24.4 Å². The lowest BCUT2D eigenvalue weighted by atomic mass is 9.88. The Morgan fingerprint density at radius 1 is 1.12 bits per heavy atom. The molecule has 0 radical (unpaired) electrons. The van der Waals surface area contributed by atoms with Gasteiger partial charge in [-0.15, -0.1) is 5.10 Å². The second kappa shape index (κ2) is 12.7. The smallest absolute Gasteiger partial charge is 0.271 e. The molecule has 43 heavy (non-hydrogen) atoms. The van der Waals surface area contributed by atoms with Crippen LogP contribution in [0.5, 0.6) is 0 Å². The molecule has 2 N–H and O–H groups in total. The van der Waals surface area contributed by atoms with E-state index in [1.165, 1.54) is 10.9 Å². The number of hydrogen-bond donors (Lipinski definition) is 2. The molecule has 2 fully saturated rings. The second-order valence-corrected chi connectivity index (χ2v) is 17.1. The van der Waals surface area contributed by atoms with Gasteiger partial charge in [-0.05, 0) is 95.1 Å². The number of hydrogen-bond acceptors (Lipinski definition) is 7. The Morgan fingerprint density at radius 3 is 2.42 bits per heavy atom. The van der Waals surface area contributed by atoms with Crippen LogP contribution in [0, 0.1) is 37.5 Å². The molecular formula is C30H43FN8O3S. The number of ether oxygens (including phenoxy) is 1. The number of carbonyl (C=O) groups is 2. The maximum absolute atomic E-state index is 15.5. The van der Waals surface area contributed by atoms with Gasteiger partial charge in [0.05, 0.1) is 18.5 Å². The van der Waals surface area contributed by atoms with E-state index in [1.807, 2.05) is 20.8 Å². The molecule has 1 atom stereocenters. The summed E-state index contributed by atoms with van der Waals surface area (Å²) < 4.78 is 24.6. The van der Waals surface area contributed by atoms with Crippen molar-refractivity contribution in [3.05, 3.63) is 41.4 Å². The molecule has 3 heterocycles. The number of amides is 2. The highest BCUT2D eigenvalue weighted by Gasteiger charge is 2.48. The van der Waals surface area contributed by atoms with Gasteiger partial charge in [-0.1, -0.05) is 5.21 Å². The van der Waals surface area contributed by atoms with E-state index >= 15 is 4.39 Å². The first-order chi connectivity index (χ1) is 20.5. The van der Waals surface area contributed by atoms with Crippen LogP contribution in [0.4, 0.5) is 10.2 Å². The number of anilines is 1. The van der Waals surface area contributed by atoms with Crippen LogP contribution in [0.25, 0.3) is 11.1 Å². The van der Waals surface area contributed by atoms with Gasteiger partial charge >= 0.3 is 0 Å². The molecule has 2 saturated carbocycles. The lowest BCUT2D eigenvalue weighted by Crippen LogP contribution is -2.50. The first-order valence-electron chi connectivity index (χ1n) is 14.9. The zero-order chi connectivity index (χ0) is 30.9. The van der Waals surface area contributed by atoms with Gasteiger partial charge in [0.25, 0.3) is 5.91 Å². The summed E-state index contributed by atoms with van der Waals surface area (Å²) in [5.74, 6) is 0.352. The van der Waals surface area contributed by atoms with E-state index in [0.717, 1.165) is 37.1 Å². The number of halogens is 1. The number of nitrogens with one attached hydrogen (secondary N) is 2. The third-order valence-electron chi connectivity index (χ3n) is 8.24. The molecule has 11 nitrogen and oxygen atoms in total. The lowest BCUT2D eigenvalue weighted by Gasteiger charge is -2.27. The fourth-order valence-electron chi connectivity index (χ4n) is 5.68. The van der Waals surface area contributed by atoms with Crippen LogP contribution in [-0.4, -0.2) is 78.7 Å². The van der Waals surface area contributed by atoms with Crippen LogP contribution < -0.4 is 10.6 Å². The highest BCUT2D eigenvalue weighted by molar-refractivity contribution is 8.32. The predicted octanol–water partition coefficient (Wildman–Crippen LogP) is 4.15. The quantitative estimate of drug-likeness (QED) is 0.206. The number of aromatic nitrogens is 6. The summed E-state index contributed by atoms with van der Waals surface area (Å²) in [6.45, 7) is 6.99. The average Bonchev–Trinajstić information content (AvgIpc) is 3.88. The normalized spacial score (nSPS) is 16.4. The lowest BCUT2D eigenvalue weighted by molar-refractivity contribution is -0.119. The molecule has 3 aromatic heterocycles. The summed E-state index contributed by atoms with van der Waals surface area (Å²) in [5, 5.41) is 18.1. The summed E-state index contributed by atoms with van der Waals surface area (Å²) >= 11 is 0. The van der Waals surface area contributed by atoms with Gasteiger partial charge in [0.1, 0.15) is 24.3 Å². The molecule has 0 aliphatic heterocycles. The number of nitrogens with zero attached hydrogens (tertiary/aromatic N) is 6. The SMILES string of the molecule is CCn1nncc1C(=O)NC(C(=O)Nc1ccc(-c2c(C)nn(COCCS(C)(C)C)c2C)c(F)n1)C(C1CC1)C1CC1. The molecule has 13 heteroatoms. The van der Waals surface area contributed by atoms with Crippen LogP contribution in [-0.2, 0) is 22.8 Å². The van der Waals surface area contributed by atoms with Crippen molar-refractivity contribution < 1.29 is 18.7 Å². The molecule has 234 valence electrons. The Hall–Kier alpha value is -3.32. The highest BCUT2D eigenvalue weighted by Crippen LogP contribution is 2.51. The van der Waals surface area contributed by atoms with Crippen molar-refractivity contribution in [3.63, 3.8) is 0 Å². The molecular weight excluding hydrogens is 571 g/mol. The van der Waals surface area contributed by atoms with Crippen molar-refractivity contribution in [3.8, 4) is 11.1 Å². The molecule has 3 aromatic rings. The topological polar surface area (TPSA) is 129 Å². The summed E-state index contributed by atoms with van der Waals surface area (Å²) in [6.07, 6.45) is 12.3. The maximum atomic E-state index is 15.5. The van der Waals surface area contributed by atoms with Crippen molar-refractivity contribution in [2.75, 3.05) is 36.4 Å². The third-order valence-corrected chi connectivity index (χ3v) is 9.63. The van der Waals surface area contributed by atoms with Crippen LogP contribution in [0.15, 0.2) is 18.3 Å².